The van der Waals surface area contributed by atoms with E-state index in [-0.39, 0.29) is 6.54 Å². The van der Waals surface area contributed by atoms with Gasteiger partial charge in [0.15, 0.2) is 5.82 Å². The molecule has 0 unspecified atom stereocenters. The quantitative estimate of drug-likeness (QED) is 0.779. The summed E-state index contributed by atoms with van der Waals surface area (Å²) in [6.45, 7) is 2.05. The maximum atomic E-state index is 13.5. The van der Waals surface area contributed by atoms with Gasteiger partial charge in [0.2, 0.25) is 0 Å². The Kier molecular flexibility index (Phi) is 5.14. The van der Waals surface area contributed by atoms with Gasteiger partial charge in [-0.15, -0.1) is 0 Å². The minimum absolute atomic E-state index is 0.219. The summed E-state index contributed by atoms with van der Waals surface area (Å²) in [6, 6.07) is 3.49. The zero-order valence-electron chi connectivity index (χ0n) is 11.1. The molecule has 5 nitrogen and oxygen atoms in total. The number of benzene rings is 1. The molecule has 20 heavy (non-hydrogen) atoms. The molecule has 1 aromatic carbocycles. The Labute approximate surface area is 115 Å². The van der Waals surface area contributed by atoms with Crippen molar-refractivity contribution in [3.63, 3.8) is 0 Å². The highest BCUT2D eigenvalue weighted by atomic mass is 19.1. The Morgan fingerprint density at radius 3 is 2.95 bits per heavy atom. The van der Waals surface area contributed by atoms with Crippen LogP contribution in [0.3, 0.4) is 0 Å². The molecule has 0 bridgehead atoms. The van der Waals surface area contributed by atoms with E-state index in [1.807, 2.05) is 0 Å². The molecule has 1 N–H and O–H groups in total. The Morgan fingerprint density at radius 2 is 2.20 bits per heavy atom. The molecule has 0 amide bonds. The van der Waals surface area contributed by atoms with Crippen LogP contribution in [0.2, 0.25) is 0 Å². The van der Waals surface area contributed by atoms with Crippen molar-refractivity contribution in [2.75, 3.05) is 20.3 Å². The summed E-state index contributed by atoms with van der Waals surface area (Å²) in [7, 11) is 1.63. The molecular weight excluding hydrogens is 266 g/mol. The lowest BCUT2D eigenvalue weighted by molar-refractivity contribution is 0.199. The van der Waals surface area contributed by atoms with Crippen LogP contribution >= 0.6 is 0 Å². The first-order chi connectivity index (χ1) is 9.69. The van der Waals surface area contributed by atoms with E-state index >= 15 is 0 Å². The van der Waals surface area contributed by atoms with Crippen LogP contribution in [-0.4, -0.2) is 35.0 Å². The second kappa shape index (κ2) is 7.06. The number of hydrogen-bond donors (Lipinski definition) is 1. The molecular formula is C13H16F2N4O. The van der Waals surface area contributed by atoms with Crippen molar-refractivity contribution < 1.29 is 13.5 Å². The summed E-state index contributed by atoms with van der Waals surface area (Å²) in [6.07, 6.45) is 1.52. The van der Waals surface area contributed by atoms with Crippen LogP contribution in [0.4, 0.5) is 8.78 Å². The van der Waals surface area contributed by atoms with E-state index < -0.39 is 11.6 Å². The molecule has 0 saturated heterocycles. The number of nitrogens with zero attached hydrogens (tertiary/aromatic N) is 3. The Hall–Kier alpha value is -1.86. The minimum Gasteiger partial charge on any atom is -0.383 e. The molecule has 0 aliphatic heterocycles. The van der Waals surface area contributed by atoms with Crippen molar-refractivity contribution in [1.82, 2.24) is 20.1 Å². The molecule has 2 rings (SSSR count). The molecule has 0 atom stereocenters. The predicted octanol–water partition coefficient (Wildman–Crippen LogP) is 1.34. The minimum atomic E-state index is -0.590. The van der Waals surface area contributed by atoms with Crippen molar-refractivity contribution in [2.24, 2.45) is 0 Å². The molecule has 1 aromatic heterocycles. The number of halogens is 2. The topological polar surface area (TPSA) is 52.0 Å². The van der Waals surface area contributed by atoms with Crippen LogP contribution in [-0.2, 0) is 17.8 Å². The fraction of sp³-hybridized carbons (Fsp3) is 0.385. The van der Waals surface area contributed by atoms with Gasteiger partial charge < -0.3 is 10.1 Å². The lowest BCUT2D eigenvalue weighted by atomic mass is 10.2. The summed E-state index contributed by atoms with van der Waals surface area (Å²) in [5.74, 6) is -0.559. The monoisotopic (exact) mass is 282 g/mol. The van der Waals surface area contributed by atoms with E-state index in [1.165, 1.54) is 23.1 Å². The smallest absolute Gasteiger partial charge is 0.164 e. The zero-order valence-corrected chi connectivity index (χ0v) is 11.1. The number of aromatic nitrogens is 3. The number of rotatable bonds is 7. The summed E-state index contributed by atoms with van der Waals surface area (Å²) >= 11 is 0. The van der Waals surface area contributed by atoms with Crippen LogP contribution < -0.4 is 5.32 Å². The maximum Gasteiger partial charge on any atom is 0.164 e. The van der Waals surface area contributed by atoms with E-state index in [0.717, 1.165) is 6.07 Å². The lowest BCUT2D eigenvalue weighted by Gasteiger charge is -2.03. The summed E-state index contributed by atoms with van der Waals surface area (Å²) in [4.78, 5) is 4.11. The van der Waals surface area contributed by atoms with Gasteiger partial charge in [0.05, 0.1) is 19.7 Å². The molecule has 0 radical (unpaired) electrons. The third-order valence-corrected chi connectivity index (χ3v) is 2.70. The molecule has 0 fully saturated rings. The molecule has 0 aliphatic rings. The first-order valence-electron chi connectivity index (χ1n) is 6.21. The third-order valence-electron chi connectivity index (χ3n) is 2.70. The van der Waals surface area contributed by atoms with Crippen molar-refractivity contribution in [3.05, 3.63) is 47.5 Å². The molecule has 0 saturated carbocycles. The van der Waals surface area contributed by atoms with Crippen LogP contribution in [0.25, 0.3) is 0 Å². The molecule has 7 heteroatoms. The van der Waals surface area contributed by atoms with Crippen molar-refractivity contribution in [1.29, 1.82) is 0 Å². The second-order valence-corrected chi connectivity index (χ2v) is 4.26. The van der Waals surface area contributed by atoms with Crippen molar-refractivity contribution >= 4 is 0 Å². The fourth-order valence-corrected chi connectivity index (χ4v) is 1.69. The molecule has 108 valence electrons. The summed E-state index contributed by atoms with van der Waals surface area (Å²) in [5, 5.41) is 7.32. The summed E-state index contributed by atoms with van der Waals surface area (Å²) in [5.41, 5.74) is 0.371. The second-order valence-electron chi connectivity index (χ2n) is 4.26. The Morgan fingerprint density at radius 1 is 1.35 bits per heavy atom. The van der Waals surface area contributed by atoms with E-state index in [4.69, 9.17) is 4.74 Å². The highest BCUT2D eigenvalue weighted by Gasteiger charge is 2.06. The average molecular weight is 282 g/mol. The number of nitrogens with one attached hydrogen (secondary N) is 1. The van der Waals surface area contributed by atoms with Gasteiger partial charge in [0, 0.05) is 25.3 Å². The van der Waals surface area contributed by atoms with E-state index in [1.54, 1.807) is 7.11 Å². The van der Waals surface area contributed by atoms with Gasteiger partial charge in [-0.2, -0.15) is 5.10 Å². The predicted molar refractivity (Wildman–Crippen MR) is 69.1 cm³/mol. The Bertz CT molecular complexity index is 559. The Balaban J connectivity index is 1.92. The molecule has 0 aliphatic carbocycles. The third kappa shape index (κ3) is 4.07. The summed E-state index contributed by atoms with van der Waals surface area (Å²) < 4.78 is 32.7. The van der Waals surface area contributed by atoms with Gasteiger partial charge in [-0.25, -0.2) is 18.4 Å². The average Bonchev–Trinajstić information content (AvgIpc) is 2.86. The SMILES string of the molecule is COCCNCc1ncn(Cc2ccc(F)cc2F)n1. The zero-order chi connectivity index (χ0) is 14.4. The van der Waals surface area contributed by atoms with Gasteiger partial charge in [-0.1, -0.05) is 6.07 Å². The van der Waals surface area contributed by atoms with Gasteiger partial charge in [-0.3, -0.25) is 0 Å². The number of ether oxygens (including phenoxy) is 1. The van der Waals surface area contributed by atoms with Crippen LogP contribution in [0.1, 0.15) is 11.4 Å². The number of hydrogen-bond acceptors (Lipinski definition) is 4. The largest absolute Gasteiger partial charge is 0.383 e. The fourth-order valence-electron chi connectivity index (χ4n) is 1.69. The van der Waals surface area contributed by atoms with Gasteiger partial charge in [-0.05, 0) is 6.07 Å². The van der Waals surface area contributed by atoms with Crippen LogP contribution in [0, 0.1) is 11.6 Å². The van der Waals surface area contributed by atoms with Crippen molar-refractivity contribution in [3.8, 4) is 0 Å². The number of methoxy groups -OCH3 is 1. The normalized spacial score (nSPS) is 10.9. The highest BCUT2D eigenvalue weighted by molar-refractivity contribution is 5.18. The van der Waals surface area contributed by atoms with Gasteiger partial charge >= 0.3 is 0 Å². The van der Waals surface area contributed by atoms with E-state index in [0.29, 0.717) is 31.1 Å². The molecule has 0 spiro atoms. The van der Waals surface area contributed by atoms with E-state index in [2.05, 4.69) is 15.4 Å². The first kappa shape index (κ1) is 14.5. The highest BCUT2D eigenvalue weighted by Crippen LogP contribution is 2.10. The van der Waals surface area contributed by atoms with Crippen LogP contribution in [0.5, 0.6) is 0 Å². The van der Waals surface area contributed by atoms with Gasteiger partial charge in [0.1, 0.15) is 18.0 Å². The lowest BCUT2D eigenvalue weighted by Crippen LogP contribution is -2.19. The van der Waals surface area contributed by atoms with Crippen LogP contribution in [0.15, 0.2) is 24.5 Å². The molecule has 1 heterocycles. The maximum absolute atomic E-state index is 13.5. The van der Waals surface area contributed by atoms with Crippen molar-refractivity contribution in [2.45, 2.75) is 13.1 Å². The standard InChI is InChI=1S/C13H16F2N4O/c1-20-5-4-16-7-13-17-9-19(18-13)8-10-2-3-11(14)6-12(10)15/h2-3,6,9,16H,4-5,7-8H2,1H3. The first-order valence-corrected chi connectivity index (χ1v) is 6.21. The molecule has 2 aromatic rings. The van der Waals surface area contributed by atoms with E-state index in [9.17, 15) is 8.78 Å². The van der Waals surface area contributed by atoms with Gasteiger partial charge in [0.25, 0.3) is 0 Å².